The van der Waals surface area contributed by atoms with Crippen LogP contribution in [0.25, 0.3) is 0 Å². The highest BCUT2D eigenvalue weighted by Gasteiger charge is 2.22. The molecule has 1 fully saturated rings. The predicted octanol–water partition coefficient (Wildman–Crippen LogP) is 3.03. The van der Waals surface area contributed by atoms with E-state index in [1.165, 1.54) is 13.5 Å². The van der Waals surface area contributed by atoms with Gasteiger partial charge in [-0.15, -0.1) is 0 Å². The fourth-order valence-electron chi connectivity index (χ4n) is 2.99. The lowest BCUT2D eigenvalue weighted by molar-refractivity contribution is -0.0512. The number of aliphatic hydroxyl groups excluding tert-OH is 1. The van der Waals surface area contributed by atoms with Crippen molar-refractivity contribution in [2.75, 3.05) is 20.3 Å². The Morgan fingerprint density at radius 3 is 2.82 bits per heavy atom. The fraction of sp³-hybridized carbons (Fsp3) is 0.625. The number of hydrogen-bond acceptors (Lipinski definition) is 4. The monoisotopic (exact) mass is 315 g/mol. The molecular weight excluding hydrogens is 292 g/mol. The largest absolute Gasteiger partial charge is 0.493 e. The Bertz CT molecular complexity index is 469. The summed E-state index contributed by atoms with van der Waals surface area (Å²) in [6, 6.07) is 5.47. The van der Waals surface area contributed by atoms with Crippen LogP contribution >= 0.6 is 0 Å². The van der Waals surface area contributed by atoms with Gasteiger partial charge in [-0.3, -0.25) is 4.90 Å². The normalized spacial score (nSPS) is 19.4. The van der Waals surface area contributed by atoms with E-state index in [-0.39, 0.29) is 12.4 Å². The van der Waals surface area contributed by atoms with Crippen molar-refractivity contribution >= 4 is 0 Å². The third kappa shape index (κ3) is 4.55. The molecule has 1 heterocycles. The standard InChI is InChI=1S/C16H23F2NO3/c1-21-14-6-5-12(10-15(14)22-16(17)18)11-19-8-3-2-4-13(19)7-9-20/h5-6,10,13,16,20H,2-4,7-9,11H2,1H3. The van der Waals surface area contributed by atoms with Crippen molar-refractivity contribution in [3.8, 4) is 11.5 Å². The molecule has 1 atom stereocenters. The average molecular weight is 315 g/mol. The maximum absolute atomic E-state index is 12.5. The quantitative estimate of drug-likeness (QED) is 0.840. The molecular formula is C16H23F2NO3. The lowest BCUT2D eigenvalue weighted by atomic mass is 9.99. The summed E-state index contributed by atoms with van der Waals surface area (Å²) in [4.78, 5) is 2.30. The fourth-order valence-corrected chi connectivity index (χ4v) is 2.99. The number of halogens is 2. The van der Waals surface area contributed by atoms with Gasteiger partial charge in [0.2, 0.25) is 0 Å². The third-order valence-electron chi connectivity index (χ3n) is 4.04. The number of likely N-dealkylation sites (tertiary alicyclic amines) is 1. The van der Waals surface area contributed by atoms with Crippen LogP contribution in [0.2, 0.25) is 0 Å². The van der Waals surface area contributed by atoms with E-state index in [0.717, 1.165) is 31.4 Å². The first-order chi connectivity index (χ1) is 10.6. The van der Waals surface area contributed by atoms with Gasteiger partial charge in [-0.1, -0.05) is 12.5 Å². The lowest BCUT2D eigenvalue weighted by Gasteiger charge is -2.35. The molecule has 1 aliphatic rings. The average Bonchev–Trinajstić information content (AvgIpc) is 2.49. The summed E-state index contributed by atoms with van der Waals surface area (Å²) < 4.78 is 34.5. The van der Waals surface area contributed by atoms with Crippen LogP contribution in [0.4, 0.5) is 8.78 Å². The van der Waals surface area contributed by atoms with Gasteiger partial charge in [-0.25, -0.2) is 0 Å². The minimum atomic E-state index is -2.87. The molecule has 1 N–H and O–H groups in total. The number of piperidine rings is 1. The van der Waals surface area contributed by atoms with Crippen molar-refractivity contribution in [2.24, 2.45) is 0 Å². The van der Waals surface area contributed by atoms with Gasteiger partial charge in [0.05, 0.1) is 7.11 Å². The highest BCUT2D eigenvalue weighted by atomic mass is 19.3. The first kappa shape index (κ1) is 17.0. The summed E-state index contributed by atoms with van der Waals surface area (Å²) >= 11 is 0. The molecule has 1 aromatic rings. The van der Waals surface area contributed by atoms with E-state index in [2.05, 4.69) is 9.64 Å². The van der Waals surface area contributed by atoms with Gasteiger partial charge in [0, 0.05) is 19.2 Å². The SMILES string of the molecule is COc1ccc(CN2CCCCC2CCO)cc1OC(F)F. The maximum atomic E-state index is 12.5. The van der Waals surface area contributed by atoms with E-state index in [1.54, 1.807) is 12.1 Å². The number of nitrogens with zero attached hydrogens (tertiary/aromatic N) is 1. The topological polar surface area (TPSA) is 41.9 Å². The Hall–Kier alpha value is -1.40. The van der Waals surface area contributed by atoms with E-state index in [1.807, 2.05) is 6.07 Å². The van der Waals surface area contributed by atoms with Crippen LogP contribution in [-0.2, 0) is 6.54 Å². The number of alkyl halides is 2. The molecule has 0 saturated carbocycles. The minimum absolute atomic E-state index is 0.0608. The molecule has 0 amide bonds. The Kier molecular flexibility index (Phi) is 6.39. The van der Waals surface area contributed by atoms with Gasteiger partial charge in [-0.05, 0) is 43.5 Å². The van der Waals surface area contributed by atoms with Crippen molar-refractivity contribution in [2.45, 2.75) is 44.9 Å². The predicted molar refractivity (Wildman–Crippen MR) is 79.4 cm³/mol. The zero-order valence-corrected chi connectivity index (χ0v) is 12.8. The van der Waals surface area contributed by atoms with Crippen molar-refractivity contribution in [3.63, 3.8) is 0 Å². The Balaban J connectivity index is 2.10. The summed E-state index contributed by atoms with van der Waals surface area (Å²) in [5.74, 6) is 0.361. The number of hydrogen-bond donors (Lipinski definition) is 1. The second-order valence-corrected chi connectivity index (χ2v) is 5.50. The van der Waals surface area contributed by atoms with Crippen LogP contribution in [-0.4, -0.2) is 42.9 Å². The molecule has 6 heteroatoms. The van der Waals surface area contributed by atoms with Crippen LogP contribution in [0.5, 0.6) is 11.5 Å². The zero-order chi connectivity index (χ0) is 15.9. The van der Waals surface area contributed by atoms with E-state index in [4.69, 9.17) is 9.84 Å². The molecule has 1 unspecified atom stereocenters. The molecule has 1 aromatic carbocycles. The molecule has 124 valence electrons. The molecule has 1 saturated heterocycles. The summed E-state index contributed by atoms with van der Waals surface area (Å²) in [7, 11) is 1.43. The lowest BCUT2D eigenvalue weighted by Crippen LogP contribution is -2.39. The molecule has 0 aliphatic carbocycles. The molecule has 0 radical (unpaired) electrons. The van der Waals surface area contributed by atoms with Crippen LogP contribution in [0.15, 0.2) is 18.2 Å². The van der Waals surface area contributed by atoms with Crippen molar-refractivity contribution < 1.29 is 23.4 Å². The molecule has 0 aromatic heterocycles. The van der Waals surface area contributed by atoms with Gasteiger partial charge < -0.3 is 14.6 Å². The zero-order valence-electron chi connectivity index (χ0n) is 12.8. The van der Waals surface area contributed by atoms with Crippen LogP contribution in [0.3, 0.4) is 0 Å². The smallest absolute Gasteiger partial charge is 0.387 e. The maximum Gasteiger partial charge on any atom is 0.387 e. The molecule has 2 rings (SSSR count). The summed E-state index contributed by atoms with van der Waals surface area (Å²) in [6.45, 7) is -1.08. The number of aliphatic hydroxyl groups is 1. The van der Waals surface area contributed by atoms with Crippen LogP contribution in [0, 0.1) is 0 Å². The first-order valence-electron chi connectivity index (χ1n) is 7.60. The van der Waals surface area contributed by atoms with Gasteiger partial charge in [0.15, 0.2) is 11.5 Å². The Morgan fingerprint density at radius 1 is 1.32 bits per heavy atom. The van der Waals surface area contributed by atoms with Crippen molar-refractivity contribution in [3.05, 3.63) is 23.8 Å². The van der Waals surface area contributed by atoms with E-state index in [9.17, 15) is 8.78 Å². The number of ether oxygens (including phenoxy) is 2. The van der Waals surface area contributed by atoms with Crippen molar-refractivity contribution in [1.29, 1.82) is 0 Å². The Labute approximate surface area is 129 Å². The van der Waals surface area contributed by atoms with Gasteiger partial charge in [-0.2, -0.15) is 8.78 Å². The number of benzene rings is 1. The Morgan fingerprint density at radius 2 is 2.14 bits per heavy atom. The molecule has 0 spiro atoms. The van der Waals surface area contributed by atoms with Crippen LogP contribution in [0.1, 0.15) is 31.2 Å². The number of methoxy groups -OCH3 is 1. The van der Waals surface area contributed by atoms with E-state index >= 15 is 0 Å². The van der Waals surface area contributed by atoms with Gasteiger partial charge >= 0.3 is 6.61 Å². The summed E-state index contributed by atoms with van der Waals surface area (Å²) in [5, 5.41) is 9.17. The molecule has 0 bridgehead atoms. The molecule has 1 aliphatic heterocycles. The van der Waals surface area contributed by atoms with Gasteiger partial charge in [0.25, 0.3) is 0 Å². The third-order valence-corrected chi connectivity index (χ3v) is 4.04. The highest BCUT2D eigenvalue weighted by molar-refractivity contribution is 5.43. The molecule has 4 nitrogen and oxygen atoms in total. The second kappa shape index (κ2) is 8.29. The molecule has 22 heavy (non-hydrogen) atoms. The second-order valence-electron chi connectivity index (χ2n) is 5.50. The van der Waals surface area contributed by atoms with E-state index in [0.29, 0.717) is 18.3 Å². The summed E-state index contributed by atoms with van der Waals surface area (Å²) in [6.07, 6.45) is 4.11. The van der Waals surface area contributed by atoms with Crippen LogP contribution < -0.4 is 9.47 Å². The van der Waals surface area contributed by atoms with E-state index < -0.39 is 6.61 Å². The van der Waals surface area contributed by atoms with Crippen molar-refractivity contribution in [1.82, 2.24) is 4.90 Å². The number of rotatable bonds is 7. The highest BCUT2D eigenvalue weighted by Crippen LogP contribution is 2.31. The first-order valence-corrected chi connectivity index (χ1v) is 7.60. The minimum Gasteiger partial charge on any atom is -0.493 e. The summed E-state index contributed by atoms with van der Waals surface area (Å²) in [5.41, 5.74) is 0.904. The van der Waals surface area contributed by atoms with Gasteiger partial charge in [0.1, 0.15) is 0 Å².